The molecule has 78 valence electrons. The zero-order chi connectivity index (χ0) is 11.3. The van der Waals surface area contributed by atoms with E-state index in [1.807, 2.05) is 25.1 Å². The van der Waals surface area contributed by atoms with E-state index in [4.69, 9.17) is 5.26 Å². The third kappa shape index (κ3) is 3.06. The van der Waals surface area contributed by atoms with Crippen molar-refractivity contribution >= 4 is 5.91 Å². The highest BCUT2D eigenvalue weighted by Gasteiger charge is 2.14. The monoisotopic (exact) mass is 203 g/mol. The van der Waals surface area contributed by atoms with Crippen molar-refractivity contribution in [3.05, 3.63) is 30.1 Å². The second kappa shape index (κ2) is 5.11. The number of aromatic nitrogens is 1. The van der Waals surface area contributed by atoms with Crippen LogP contribution >= 0.6 is 0 Å². The van der Waals surface area contributed by atoms with Gasteiger partial charge < -0.3 is 5.32 Å². The highest BCUT2D eigenvalue weighted by molar-refractivity contribution is 5.80. The molecule has 1 rings (SSSR count). The van der Waals surface area contributed by atoms with Gasteiger partial charge in [-0.2, -0.15) is 5.26 Å². The van der Waals surface area contributed by atoms with Crippen LogP contribution in [-0.2, 0) is 4.79 Å². The number of rotatable bonds is 3. The maximum atomic E-state index is 11.4. The molecule has 0 spiro atoms. The molecule has 0 aliphatic heterocycles. The molecule has 0 fully saturated rings. The van der Waals surface area contributed by atoms with E-state index >= 15 is 0 Å². The molecule has 0 radical (unpaired) electrons. The Kier molecular flexibility index (Phi) is 3.81. The number of nitrogens with one attached hydrogen (secondary N) is 1. The molecule has 1 N–H and O–H groups in total. The molecule has 2 unspecified atom stereocenters. The van der Waals surface area contributed by atoms with Crippen molar-refractivity contribution in [2.45, 2.75) is 19.9 Å². The van der Waals surface area contributed by atoms with Crippen LogP contribution in [0.4, 0.5) is 0 Å². The fraction of sp³-hybridized carbons (Fsp3) is 0.364. The molecule has 4 heteroatoms. The Morgan fingerprint density at radius 3 is 2.60 bits per heavy atom. The van der Waals surface area contributed by atoms with E-state index in [1.165, 1.54) is 0 Å². The first kappa shape index (κ1) is 11.2. The summed E-state index contributed by atoms with van der Waals surface area (Å²) in [6, 6.07) is 5.47. The van der Waals surface area contributed by atoms with Gasteiger partial charge in [-0.1, -0.05) is 0 Å². The Morgan fingerprint density at radius 2 is 2.07 bits per heavy atom. The Balaban J connectivity index is 2.61. The highest BCUT2D eigenvalue weighted by Crippen LogP contribution is 2.10. The second-order valence-electron chi connectivity index (χ2n) is 3.36. The van der Waals surface area contributed by atoms with Gasteiger partial charge in [-0.15, -0.1) is 0 Å². The van der Waals surface area contributed by atoms with Crippen LogP contribution in [0.15, 0.2) is 24.5 Å². The van der Waals surface area contributed by atoms with Crippen LogP contribution in [0.1, 0.15) is 25.5 Å². The van der Waals surface area contributed by atoms with E-state index in [0.717, 1.165) is 5.56 Å². The summed E-state index contributed by atoms with van der Waals surface area (Å²) in [4.78, 5) is 15.3. The first-order chi connectivity index (χ1) is 7.15. The first-order valence-corrected chi connectivity index (χ1v) is 4.75. The van der Waals surface area contributed by atoms with E-state index in [-0.39, 0.29) is 11.9 Å². The minimum atomic E-state index is -0.616. The molecule has 15 heavy (non-hydrogen) atoms. The van der Waals surface area contributed by atoms with Gasteiger partial charge >= 0.3 is 0 Å². The number of hydrogen-bond donors (Lipinski definition) is 1. The average molecular weight is 203 g/mol. The highest BCUT2D eigenvalue weighted by atomic mass is 16.1. The number of carbonyl (C=O) groups excluding carboxylic acids is 1. The van der Waals surface area contributed by atoms with Gasteiger partial charge in [-0.3, -0.25) is 9.78 Å². The van der Waals surface area contributed by atoms with Crippen molar-refractivity contribution in [3.8, 4) is 6.07 Å². The summed E-state index contributed by atoms with van der Waals surface area (Å²) in [5, 5.41) is 11.3. The van der Waals surface area contributed by atoms with Gasteiger partial charge in [-0.05, 0) is 31.5 Å². The SMILES string of the molecule is CC(C#N)C(=O)NC(C)c1ccncc1. The van der Waals surface area contributed by atoms with E-state index in [9.17, 15) is 4.79 Å². The molecular weight excluding hydrogens is 190 g/mol. The number of carbonyl (C=O) groups is 1. The Hall–Kier alpha value is -1.89. The normalized spacial score (nSPS) is 13.7. The maximum absolute atomic E-state index is 11.4. The number of pyridine rings is 1. The summed E-state index contributed by atoms with van der Waals surface area (Å²) >= 11 is 0. The van der Waals surface area contributed by atoms with Crippen molar-refractivity contribution < 1.29 is 4.79 Å². The minimum Gasteiger partial charge on any atom is -0.348 e. The number of nitriles is 1. The molecule has 1 amide bonds. The van der Waals surface area contributed by atoms with Crippen molar-refractivity contribution in [2.75, 3.05) is 0 Å². The van der Waals surface area contributed by atoms with E-state index in [2.05, 4.69) is 10.3 Å². The molecule has 0 aromatic carbocycles. The lowest BCUT2D eigenvalue weighted by Gasteiger charge is -2.14. The summed E-state index contributed by atoms with van der Waals surface area (Å²) in [5.41, 5.74) is 0.975. The predicted octanol–water partition coefficient (Wildman–Crippen LogP) is 1.42. The largest absolute Gasteiger partial charge is 0.348 e. The summed E-state index contributed by atoms with van der Waals surface area (Å²) < 4.78 is 0. The third-order valence-corrected chi connectivity index (χ3v) is 2.15. The standard InChI is InChI=1S/C11H13N3O/c1-8(7-12)11(15)14-9(2)10-3-5-13-6-4-10/h3-6,8-9H,1-2H3,(H,14,15). The van der Waals surface area contributed by atoms with Crippen LogP contribution in [0.2, 0.25) is 0 Å². The van der Waals surface area contributed by atoms with Crippen molar-refractivity contribution in [1.29, 1.82) is 5.26 Å². The molecule has 0 saturated carbocycles. The zero-order valence-corrected chi connectivity index (χ0v) is 8.77. The molecular formula is C11H13N3O. The molecule has 0 aliphatic carbocycles. The summed E-state index contributed by atoms with van der Waals surface area (Å²) in [6.45, 7) is 3.45. The predicted molar refractivity (Wildman–Crippen MR) is 55.6 cm³/mol. The summed E-state index contributed by atoms with van der Waals surface area (Å²) in [5.74, 6) is -0.865. The fourth-order valence-electron chi connectivity index (χ4n) is 1.13. The fourth-order valence-corrected chi connectivity index (χ4v) is 1.13. The van der Waals surface area contributed by atoms with Gasteiger partial charge in [0.25, 0.3) is 0 Å². The number of amides is 1. The maximum Gasteiger partial charge on any atom is 0.237 e. The molecule has 0 saturated heterocycles. The third-order valence-electron chi connectivity index (χ3n) is 2.15. The summed E-state index contributed by atoms with van der Waals surface area (Å²) in [7, 11) is 0. The lowest BCUT2D eigenvalue weighted by Crippen LogP contribution is -2.30. The molecule has 1 aromatic rings. The summed E-state index contributed by atoms with van der Waals surface area (Å²) in [6.07, 6.45) is 3.34. The first-order valence-electron chi connectivity index (χ1n) is 4.75. The topological polar surface area (TPSA) is 65.8 Å². The van der Waals surface area contributed by atoms with Crippen molar-refractivity contribution in [1.82, 2.24) is 10.3 Å². The lowest BCUT2D eigenvalue weighted by atomic mass is 10.1. The van der Waals surface area contributed by atoms with Crippen LogP contribution in [0, 0.1) is 17.2 Å². The number of hydrogen-bond acceptors (Lipinski definition) is 3. The van der Waals surface area contributed by atoms with E-state index in [0.29, 0.717) is 0 Å². The van der Waals surface area contributed by atoms with Gasteiger partial charge in [0.15, 0.2) is 0 Å². The molecule has 1 aromatic heterocycles. The van der Waals surface area contributed by atoms with Crippen LogP contribution in [-0.4, -0.2) is 10.9 Å². The van der Waals surface area contributed by atoms with Gasteiger partial charge in [0.1, 0.15) is 5.92 Å². The number of nitrogens with zero attached hydrogens (tertiary/aromatic N) is 2. The lowest BCUT2D eigenvalue weighted by molar-refractivity contribution is -0.123. The Morgan fingerprint density at radius 1 is 1.47 bits per heavy atom. The zero-order valence-electron chi connectivity index (χ0n) is 8.77. The molecule has 0 aliphatic rings. The van der Waals surface area contributed by atoms with Crippen LogP contribution in [0.3, 0.4) is 0 Å². The minimum absolute atomic E-state index is 0.101. The Bertz CT molecular complexity index is 369. The van der Waals surface area contributed by atoms with Crippen LogP contribution in [0.5, 0.6) is 0 Å². The molecule has 2 atom stereocenters. The smallest absolute Gasteiger partial charge is 0.237 e. The van der Waals surface area contributed by atoms with Crippen LogP contribution < -0.4 is 5.32 Å². The van der Waals surface area contributed by atoms with Crippen molar-refractivity contribution in [2.24, 2.45) is 5.92 Å². The van der Waals surface area contributed by atoms with Gasteiger partial charge in [0, 0.05) is 12.4 Å². The van der Waals surface area contributed by atoms with Gasteiger partial charge in [0.2, 0.25) is 5.91 Å². The van der Waals surface area contributed by atoms with E-state index in [1.54, 1.807) is 19.3 Å². The quantitative estimate of drug-likeness (QED) is 0.807. The van der Waals surface area contributed by atoms with Crippen molar-refractivity contribution in [3.63, 3.8) is 0 Å². The molecule has 1 heterocycles. The second-order valence-corrected chi connectivity index (χ2v) is 3.36. The molecule has 4 nitrogen and oxygen atoms in total. The van der Waals surface area contributed by atoms with Gasteiger partial charge in [0.05, 0.1) is 12.1 Å². The van der Waals surface area contributed by atoms with Gasteiger partial charge in [-0.25, -0.2) is 0 Å². The average Bonchev–Trinajstić information content (AvgIpc) is 2.29. The Labute approximate surface area is 88.9 Å². The van der Waals surface area contributed by atoms with Crippen LogP contribution in [0.25, 0.3) is 0 Å². The van der Waals surface area contributed by atoms with E-state index < -0.39 is 5.92 Å². The molecule has 0 bridgehead atoms.